The lowest BCUT2D eigenvalue weighted by molar-refractivity contribution is -0.159. The molecule has 15 N–H and O–H groups in total. The molecule has 33 nitrogen and oxygen atoms in total. The third-order valence-corrected chi connectivity index (χ3v) is 15.5. The number of amides is 12. The van der Waals surface area contributed by atoms with Gasteiger partial charge in [-0.1, -0.05) is 71.9 Å². The van der Waals surface area contributed by atoms with Crippen LogP contribution in [-0.4, -0.2) is 213 Å². The number of nitrogens with two attached hydrogens (primary N) is 1. The molecule has 0 radical (unpaired) electrons. The van der Waals surface area contributed by atoms with Crippen molar-refractivity contribution in [1.82, 2.24) is 58.1 Å². The molecule has 0 saturated carbocycles. The summed E-state index contributed by atoms with van der Waals surface area (Å²) in [5, 5.41) is 57.5. The Morgan fingerprint density at radius 1 is 0.515 bits per heavy atom. The molecule has 103 heavy (non-hydrogen) atoms. The minimum atomic E-state index is -1.91. The van der Waals surface area contributed by atoms with Crippen LogP contribution in [0.4, 0.5) is 9.59 Å². The van der Waals surface area contributed by atoms with Crippen molar-refractivity contribution in [3.05, 3.63) is 35.9 Å². The molecule has 1 aliphatic heterocycles. The van der Waals surface area contributed by atoms with E-state index < -0.39 is 204 Å². The van der Waals surface area contributed by atoms with Gasteiger partial charge in [0.25, 0.3) is 0 Å². The molecule has 0 spiro atoms. The fourth-order valence-electron chi connectivity index (χ4n) is 10.5. The Kier molecular flexibility index (Phi) is 37.5. The van der Waals surface area contributed by atoms with Crippen LogP contribution in [0.1, 0.15) is 194 Å². The predicted molar refractivity (Wildman–Crippen MR) is 375 cm³/mol. The van der Waals surface area contributed by atoms with Crippen molar-refractivity contribution in [1.29, 1.82) is 0 Å². The molecule has 12 amide bonds. The first-order chi connectivity index (χ1) is 47.7. The molecule has 1 aromatic rings. The van der Waals surface area contributed by atoms with Crippen molar-refractivity contribution in [2.75, 3.05) is 19.7 Å². The van der Waals surface area contributed by atoms with Gasteiger partial charge >= 0.3 is 24.1 Å². The number of hydrogen-bond acceptors (Lipinski definition) is 21. The Hall–Kier alpha value is -8.72. The minimum absolute atomic E-state index is 0.0110. The molecule has 0 aliphatic carbocycles. The highest BCUT2D eigenvalue weighted by atomic mass is 16.6. The largest absolute Gasteiger partial charge is 0.460 e. The van der Waals surface area contributed by atoms with Crippen LogP contribution >= 0.6 is 0 Å². The summed E-state index contributed by atoms with van der Waals surface area (Å²) in [6.07, 6.45) is -6.27. The maximum Gasteiger partial charge on any atom is 0.408 e. The molecular formula is C70H116N12O21. The lowest BCUT2D eigenvalue weighted by atomic mass is 9.98. The first kappa shape index (κ1) is 90.4. The minimum Gasteiger partial charge on any atom is -0.460 e. The van der Waals surface area contributed by atoms with Crippen LogP contribution in [0.25, 0.3) is 0 Å². The van der Waals surface area contributed by atoms with Gasteiger partial charge in [0.1, 0.15) is 83.8 Å². The topological polar surface area (TPSA) is 486 Å². The summed E-state index contributed by atoms with van der Waals surface area (Å²) in [6.45, 7) is 26.3. The van der Waals surface area contributed by atoms with Gasteiger partial charge in [-0.05, 0) is 157 Å². The molecule has 1 saturated heterocycles. The van der Waals surface area contributed by atoms with Gasteiger partial charge in [-0.3, -0.25) is 52.7 Å². The number of alkyl carbamates (subject to hydrolysis) is 2. The molecule has 2 rings (SSSR count). The van der Waals surface area contributed by atoms with E-state index in [-0.39, 0.29) is 82.9 Å². The number of carbonyl (C=O) groups is 14. The first-order valence-corrected chi connectivity index (χ1v) is 35.1. The second-order valence-corrected chi connectivity index (χ2v) is 30.0. The van der Waals surface area contributed by atoms with Gasteiger partial charge in [0.05, 0.1) is 18.8 Å². The van der Waals surface area contributed by atoms with E-state index in [2.05, 4.69) is 53.2 Å². The van der Waals surface area contributed by atoms with E-state index in [4.69, 9.17) is 24.7 Å². The number of nitrogens with one attached hydrogen (secondary N) is 10. The lowest BCUT2D eigenvalue weighted by Gasteiger charge is -2.32. The molecule has 1 fully saturated rings. The fraction of sp³-hybridized carbons (Fsp3) is 0.714. The summed E-state index contributed by atoms with van der Waals surface area (Å²) in [5.41, 5.74) is 3.45. The van der Waals surface area contributed by atoms with Crippen LogP contribution in [0.2, 0.25) is 0 Å². The van der Waals surface area contributed by atoms with Crippen LogP contribution < -0.4 is 58.9 Å². The monoisotopic (exact) mass is 1460 g/mol. The van der Waals surface area contributed by atoms with Crippen molar-refractivity contribution < 1.29 is 101 Å². The average molecular weight is 1460 g/mol. The number of benzene rings is 1. The van der Waals surface area contributed by atoms with Gasteiger partial charge in [-0.15, -0.1) is 0 Å². The number of hydrogen-bond donors (Lipinski definition) is 14. The number of ether oxygens (including phenoxy) is 4. The number of carbonyl (C=O) groups excluding carboxylic acids is 14. The summed E-state index contributed by atoms with van der Waals surface area (Å²) >= 11 is 0. The van der Waals surface area contributed by atoms with Crippen molar-refractivity contribution >= 4 is 83.2 Å². The maximum absolute atomic E-state index is 14.6. The standard InChI is InChI=1S/C70H116N12O21/c1-38(2)34-47(59(91)79-53(40(5)6)62(94)80-54(41(7)84)63(95)76-48(35-39(3)4)65(97)102-69(12,13)14)75-61(93)50-27-23-33-82(50)64(96)55(42(8)85)81-58(90)45(28-30-51(71)86)74-60(92)49(36-83)77-56(88)44(26-21-22-32-72-66(98)103-70(15,16)17)73-57(89)46(29-31-52(87)101-68(9,10)11)78-67(99)100-37-43-24-19-18-20-25-43/h18-20,24-25,38-42,44-50,53-55,83-85H,21-23,26-37H2,1-17H3,(H2,71,86)(H,72,98)(H,73,89)(H,74,92)(H,75,93)(H,76,95)(H,77,88)(H,78,99)(H,79,91)(H,80,94)(H,81,90)/t41-,42-,44+,45+,46+,47+,48+,49+,50+,53+,54+,55+/m1/s1. The fourth-order valence-corrected chi connectivity index (χ4v) is 10.5. The molecule has 1 aliphatic rings. The van der Waals surface area contributed by atoms with E-state index in [1.54, 1.807) is 120 Å². The highest BCUT2D eigenvalue weighted by Gasteiger charge is 2.43. The summed E-state index contributed by atoms with van der Waals surface area (Å²) in [5.74, 6) is -12.3. The van der Waals surface area contributed by atoms with Crippen LogP contribution in [-0.2, 0) is 83.1 Å². The second kappa shape index (κ2) is 42.8. The second-order valence-electron chi connectivity index (χ2n) is 30.0. The number of primary amides is 1. The predicted octanol–water partition coefficient (Wildman–Crippen LogP) is 1.08. The number of unbranched alkanes of at least 4 members (excludes halogenated alkanes) is 1. The number of aliphatic hydroxyl groups is 3. The molecule has 33 heteroatoms. The van der Waals surface area contributed by atoms with Crippen molar-refractivity contribution in [2.24, 2.45) is 23.5 Å². The Balaban J connectivity index is 2.44. The Bertz CT molecular complexity index is 3020. The normalized spacial score (nSPS) is 16.4. The number of rotatable bonds is 40. The van der Waals surface area contributed by atoms with E-state index in [1.165, 1.54) is 6.92 Å². The summed E-state index contributed by atoms with van der Waals surface area (Å²) in [7, 11) is 0. The Labute approximate surface area is 603 Å². The Morgan fingerprint density at radius 2 is 0.981 bits per heavy atom. The third-order valence-electron chi connectivity index (χ3n) is 15.5. The zero-order chi connectivity index (χ0) is 78.4. The smallest absolute Gasteiger partial charge is 0.408 e. The van der Waals surface area contributed by atoms with Gasteiger partial charge in [0.2, 0.25) is 59.1 Å². The summed E-state index contributed by atoms with van der Waals surface area (Å²) in [4.78, 5) is 193. The molecule has 1 aromatic carbocycles. The SMILES string of the molecule is CC(C)C[C@H](NC(=O)[C@@H]1CCCN1C(=O)[C@@H](NC(=O)[C@H](CCC(N)=O)NC(=O)[C@H](CO)NC(=O)[C@H](CCCCNC(=O)OC(C)(C)C)NC(=O)[C@H](CCC(=O)OC(C)(C)C)NC(=O)OCc1ccccc1)[C@@H](C)O)C(=O)N[C@H](C(=O)N[C@H](C(=O)N[C@@H](CC(C)C)C(=O)OC(C)(C)C)[C@@H](C)O)C(C)C. The molecule has 0 aromatic heterocycles. The van der Waals surface area contributed by atoms with Crippen LogP contribution in [0.3, 0.4) is 0 Å². The number of aliphatic hydroxyl groups excluding tert-OH is 3. The summed E-state index contributed by atoms with van der Waals surface area (Å²) < 4.78 is 21.6. The number of nitrogens with zero attached hydrogens (tertiary/aromatic N) is 1. The zero-order valence-electron chi connectivity index (χ0n) is 62.9. The van der Waals surface area contributed by atoms with E-state index in [0.717, 1.165) is 11.8 Å². The van der Waals surface area contributed by atoms with E-state index in [9.17, 15) is 82.4 Å². The van der Waals surface area contributed by atoms with Gasteiger partial charge in [-0.25, -0.2) is 14.4 Å². The molecule has 0 unspecified atom stereocenters. The van der Waals surface area contributed by atoms with Gasteiger partial charge < -0.3 is 98.1 Å². The van der Waals surface area contributed by atoms with Crippen molar-refractivity contribution in [2.45, 2.75) is 284 Å². The number of likely N-dealkylation sites (tertiary alicyclic amines) is 1. The molecule has 12 atom stereocenters. The highest BCUT2D eigenvalue weighted by molar-refractivity contribution is 5.99. The average Bonchev–Trinajstić information content (AvgIpc) is 1.76. The van der Waals surface area contributed by atoms with Crippen LogP contribution in [0, 0.1) is 17.8 Å². The van der Waals surface area contributed by atoms with Gasteiger partial charge in [0.15, 0.2) is 0 Å². The number of esters is 2. The lowest BCUT2D eigenvalue weighted by Crippen LogP contribution is -2.62. The van der Waals surface area contributed by atoms with Gasteiger partial charge in [-0.2, -0.15) is 0 Å². The third kappa shape index (κ3) is 34.9. The van der Waals surface area contributed by atoms with Crippen LogP contribution in [0.15, 0.2) is 30.3 Å². The van der Waals surface area contributed by atoms with E-state index >= 15 is 0 Å². The van der Waals surface area contributed by atoms with E-state index in [0.29, 0.717) is 5.56 Å². The highest BCUT2D eigenvalue weighted by Crippen LogP contribution is 2.22. The van der Waals surface area contributed by atoms with E-state index in [1.807, 2.05) is 13.8 Å². The van der Waals surface area contributed by atoms with Crippen molar-refractivity contribution in [3.63, 3.8) is 0 Å². The van der Waals surface area contributed by atoms with Crippen molar-refractivity contribution in [3.8, 4) is 0 Å². The molecule has 0 bridgehead atoms. The molecule has 1 heterocycles. The quantitative estimate of drug-likeness (QED) is 0.0248. The zero-order valence-corrected chi connectivity index (χ0v) is 62.9. The van der Waals surface area contributed by atoms with Gasteiger partial charge in [0, 0.05) is 25.9 Å². The molecular weight excluding hydrogens is 1340 g/mol. The van der Waals surface area contributed by atoms with Crippen LogP contribution in [0.5, 0.6) is 0 Å². The maximum atomic E-state index is 14.6. The first-order valence-electron chi connectivity index (χ1n) is 35.1. The Morgan fingerprint density at radius 3 is 1.50 bits per heavy atom. The summed E-state index contributed by atoms with van der Waals surface area (Å²) in [6, 6.07) is -6.81. The molecule has 582 valence electrons.